The van der Waals surface area contributed by atoms with E-state index in [1.165, 1.54) is 47.1 Å². The SMILES string of the molecule is C#C/C=C/C1=C(C(=O)O)N2C(=O)[C@H](c3cccs3)[C@H]2SC1NC(C)=O. The quantitative estimate of drug-likeness (QED) is 0.619. The number of terminal acetylenes is 1. The van der Waals surface area contributed by atoms with Gasteiger partial charge in [0, 0.05) is 17.4 Å². The van der Waals surface area contributed by atoms with Crippen LogP contribution in [0.4, 0.5) is 0 Å². The highest BCUT2D eigenvalue weighted by Gasteiger charge is 2.56. The summed E-state index contributed by atoms with van der Waals surface area (Å²) < 4.78 is 0. The van der Waals surface area contributed by atoms with E-state index in [9.17, 15) is 19.5 Å². The summed E-state index contributed by atoms with van der Waals surface area (Å²) in [4.78, 5) is 38.2. The number of carboxylic acids is 1. The van der Waals surface area contributed by atoms with Gasteiger partial charge in [-0.15, -0.1) is 29.5 Å². The number of hydrogen-bond acceptors (Lipinski definition) is 5. The van der Waals surface area contributed by atoms with Crippen molar-refractivity contribution in [1.29, 1.82) is 0 Å². The number of carboxylic acid groups (broad SMARTS) is 1. The second-order valence-electron chi connectivity index (χ2n) is 5.42. The molecular weight excluding hydrogens is 360 g/mol. The topological polar surface area (TPSA) is 86.7 Å². The summed E-state index contributed by atoms with van der Waals surface area (Å²) >= 11 is 2.79. The minimum atomic E-state index is -1.23. The van der Waals surface area contributed by atoms with Crippen molar-refractivity contribution in [1.82, 2.24) is 10.2 Å². The van der Waals surface area contributed by atoms with E-state index in [2.05, 4.69) is 11.2 Å². The molecule has 1 fully saturated rings. The van der Waals surface area contributed by atoms with Gasteiger partial charge in [-0.3, -0.25) is 14.5 Å². The highest BCUT2D eigenvalue weighted by atomic mass is 32.2. The Bertz CT molecular complexity index is 835. The molecule has 1 aromatic rings. The van der Waals surface area contributed by atoms with E-state index in [4.69, 9.17) is 6.42 Å². The van der Waals surface area contributed by atoms with E-state index in [1.807, 2.05) is 17.5 Å². The first-order valence-corrected chi connectivity index (χ1v) is 9.17. The van der Waals surface area contributed by atoms with Crippen molar-refractivity contribution in [2.24, 2.45) is 0 Å². The number of nitrogens with one attached hydrogen (secondary N) is 1. The van der Waals surface area contributed by atoms with Crippen molar-refractivity contribution in [3.63, 3.8) is 0 Å². The third kappa shape index (κ3) is 2.97. The average Bonchev–Trinajstić information content (AvgIpc) is 3.05. The molecule has 3 heterocycles. The molecule has 0 radical (unpaired) electrons. The Morgan fingerprint density at radius 3 is 2.80 bits per heavy atom. The smallest absolute Gasteiger partial charge is 0.353 e. The van der Waals surface area contributed by atoms with Crippen molar-refractivity contribution in [2.75, 3.05) is 0 Å². The minimum absolute atomic E-state index is 0.133. The zero-order valence-corrected chi connectivity index (χ0v) is 14.8. The summed E-state index contributed by atoms with van der Waals surface area (Å²) in [6.07, 6.45) is 8.04. The molecule has 6 nitrogen and oxygen atoms in total. The number of carbonyl (C=O) groups is 3. The molecule has 3 atom stereocenters. The van der Waals surface area contributed by atoms with Crippen molar-refractivity contribution >= 4 is 40.9 Å². The second-order valence-corrected chi connectivity index (χ2v) is 7.62. The van der Waals surface area contributed by atoms with Gasteiger partial charge in [-0.2, -0.15) is 0 Å². The zero-order chi connectivity index (χ0) is 18.1. The molecule has 0 saturated carbocycles. The van der Waals surface area contributed by atoms with Crippen LogP contribution in [-0.2, 0) is 14.4 Å². The largest absolute Gasteiger partial charge is 0.477 e. The van der Waals surface area contributed by atoms with E-state index < -0.39 is 17.3 Å². The maximum absolute atomic E-state index is 12.6. The lowest BCUT2D eigenvalue weighted by molar-refractivity contribution is -0.148. The molecular formula is C17H14N2O4S2. The van der Waals surface area contributed by atoms with Crippen LogP contribution in [-0.4, -0.2) is 38.5 Å². The van der Waals surface area contributed by atoms with Crippen LogP contribution in [0.5, 0.6) is 0 Å². The van der Waals surface area contributed by atoms with E-state index in [0.29, 0.717) is 5.57 Å². The highest BCUT2D eigenvalue weighted by Crippen LogP contribution is 2.51. The number of β-lactam (4-membered cyclic amide) rings is 1. The molecule has 0 spiro atoms. The predicted molar refractivity (Wildman–Crippen MR) is 95.5 cm³/mol. The third-order valence-corrected chi connectivity index (χ3v) is 6.22. The fourth-order valence-corrected chi connectivity index (χ4v) is 5.41. The van der Waals surface area contributed by atoms with Gasteiger partial charge in [-0.05, 0) is 23.6 Å². The maximum atomic E-state index is 12.6. The van der Waals surface area contributed by atoms with Crippen molar-refractivity contribution in [3.05, 3.63) is 45.8 Å². The Kier molecular flexibility index (Phi) is 4.70. The Morgan fingerprint density at radius 2 is 2.24 bits per heavy atom. The monoisotopic (exact) mass is 374 g/mol. The first kappa shape index (κ1) is 17.3. The predicted octanol–water partition coefficient (Wildman–Crippen LogP) is 1.74. The number of rotatable bonds is 4. The second kappa shape index (κ2) is 6.78. The number of thiophene rings is 1. The van der Waals surface area contributed by atoms with Gasteiger partial charge in [0.2, 0.25) is 11.8 Å². The van der Waals surface area contributed by atoms with Gasteiger partial charge in [-0.1, -0.05) is 12.0 Å². The zero-order valence-electron chi connectivity index (χ0n) is 13.1. The Morgan fingerprint density at radius 1 is 1.48 bits per heavy atom. The summed E-state index contributed by atoms with van der Waals surface area (Å²) in [5.41, 5.74) is 0.173. The molecule has 8 heteroatoms. The summed E-state index contributed by atoms with van der Waals surface area (Å²) in [6.45, 7) is 1.36. The van der Waals surface area contributed by atoms with Crippen LogP contribution in [0.25, 0.3) is 0 Å². The lowest BCUT2D eigenvalue weighted by Crippen LogP contribution is -2.61. The van der Waals surface area contributed by atoms with Gasteiger partial charge in [0.15, 0.2) is 0 Å². The van der Waals surface area contributed by atoms with Gasteiger partial charge in [0.05, 0.1) is 0 Å². The molecule has 0 bridgehead atoms. The van der Waals surface area contributed by atoms with Crippen LogP contribution in [0.3, 0.4) is 0 Å². The van der Waals surface area contributed by atoms with Gasteiger partial charge < -0.3 is 10.4 Å². The van der Waals surface area contributed by atoms with Gasteiger partial charge in [0.25, 0.3) is 0 Å². The lowest BCUT2D eigenvalue weighted by atomic mass is 9.93. The molecule has 2 amide bonds. The van der Waals surface area contributed by atoms with E-state index in [0.717, 1.165) is 4.88 Å². The summed E-state index contributed by atoms with van der Waals surface area (Å²) in [5.74, 6) is 0.118. The molecule has 1 aromatic heterocycles. The number of hydrogen-bond donors (Lipinski definition) is 2. The molecule has 1 saturated heterocycles. The Hall–Kier alpha value is -2.50. The van der Waals surface area contributed by atoms with E-state index in [1.54, 1.807) is 0 Å². The molecule has 0 aromatic carbocycles. The number of allylic oxidation sites excluding steroid dienone is 1. The lowest BCUT2D eigenvalue weighted by Gasteiger charge is -2.51. The number of nitrogens with zero attached hydrogens (tertiary/aromatic N) is 1. The molecule has 3 rings (SSSR count). The summed E-state index contributed by atoms with van der Waals surface area (Å²) in [5, 5.41) is 13.3. The fourth-order valence-electron chi connectivity index (χ4n) is 2.87. The highest BCUT2D eigenvalue weighted by molar-refractivity contribution is 8.00. The van der Waals surface area contributed by atoms with Gasteiger partial charge in [0.1, 0.15) is 22.4 Å². The number of thioether (sulfide) groups is 1. The number of fused-ring (bicyclic) bond motifs is 1. The summed E-state index contributed by atoms with van der Waals surface area (Å²) in [6, 6.07) is 3.71. The maximum Gasteiger partial charge on any atom is 0.353 e. The number of amides is 2. The fraction of sp³-hybridized carbons (Fsp3) is 0.235. The van der Waals surface area contributed by atoms with Crippen LogP contribution in [0.2, 0.25) is 0 Å². The molecule has 25 heavy (non-hydrogen) atoms. The standard InChI is InChI=1S/C17H14N2O4S2/c1-3-4-6-10-13(17(22)23)19-15(21)12(11-7-5-8-24-11)16(19)25-14(10)18-9(2)20/h1,4-8,12,14,16H,2H3,(H,18,20)(H,22,23)/b6-4+/t12-,14?,16+/m0/s1. The normalized spacial score (nSPS) is 25.4. The molecule has 128 valence electrons. The first-order chi connectivity index (χ1) is 12.0. The first-order valence-electron chi connectivity index (χ1n) is 7.35. The molecule has 0 aliphatic carbocycles. The van der Waals surface area contributed by atoms with Crippen molar-refractivity contribution in [3.8, 4) is 12.3 Å². The molecule has 2 aliphatic heterocycles. The van der Waals surface area contributed by atoms with Crippen LogP contribution in [0, 0.1) is 12.3 Å². The summed E-state index contributed by atoms with van der Waals surface area (Å²) in [7, 11) is 0. The van der Waals surface area contributed by atoms with E-state index in [-0.39, 0.29) is 22.9 Å². The van der Waals surface area contributed by atoms with Gasteiger partial charge >= 0.3 is 5.97 Å². The minimum Gasteiger partial charge on any atom is -0.477 e. The number of aliphatic carboxylic acids is 1. The van der Waals surface area contributed by atoms with Crippen molar-refractivity contribution in [2.45, 2.75) is 23.6 Å². The van der Waals surface area contributed by atoms with E-state index >= 15 is 0 Å². The van der Waals surface area contributed by atoms with Crippen LogP contribution >= 0.6 is 23.1 Å². The van der Waals surface area contributed by atoms with Crippen LogP contribution in [0.15, 0.2) is 40.9 Å². The van der Waals surface area contributed by atoms with Crippen LogP contribution < -0.4 is 5.32 Å². The Labute approximate surface area is 152 Å². The van der Waals surface area contributed by atoms with Crippen LogP contribution in [0.1, 0.15) is 17.7 Å². The molecule has 1 unspecified atom stereocenters. The Balaban J connectivity index is 2.06. The third-order valence-electron chi connectivity index (χ3n) is 3.86. The average molecular weight is 374 g/mol. The van der Waals surface area contributed by atoms with Crippen molar-refractivity contribution < 1.29 is 19.5 Å². The molecule has 2 aliphatic rings. The molecule has 2 N–H and O–H groups in total. The van der Waals surface area contributed by atoms with Gasteiger partial charge in [-0.25, -0.2) is 4.79 Å². The number of carbonyl (C=O) groups excluding carboxylic acids is 2.